The van der Waals surface area contributed by atoms with Crippen molar-refractivity contribution in [2.45, 2.75) is 277 Å². The number of aliphatic hydroxyl groups excluding tert-OH is 1. The van der Waals surface area contributed by atoms with Crippen molar-refractivity contribution in [3.05, 3.63) is 60.8 Å². The summed E-state index contributed by atoms with van der Waals surface area (Å²) >= 11 is 0. The first kappa shape index (κ1) is 69.2. The normalized spacial score (nSPS) is 13.8. The van der Waals surface area contributed by atoms with E-state index >= 15 is 0 Å². The minimum Gasteiger partial charge on any atom is -0.462 e. The van der Waals surface area contributed by atoms with E-state index in [0.717, 1.165) is 77.0 Å². The van der Waals surface area contributed by atoms with Crippen LogP contribution < -0.4 is 0 Å². The third-order valence-electron chi connectivity index (χ3n) is 12.4. The van der Waals surface area contributed by atoms with Crippen LogP contribution in [0.25, 0.3) is 0 Å². The van der Waals surface area contributed by atoms with E-state index in [1.165, 1.54) is 128 Å². The average Bonchev–Trinajstić information content (AvgIpc) is 3.37. The molecule has 0 aliphatic rings. The zero-order chi connectivity index (χ0) is 52.7. The van der Waals surface area contributed by atoms with Gasteiger partial charge in [0.25, 0.3) is 0 Å². The van der Waals surface area contributed by atoms with E-state index in [1.807, 2.05) is 0 Å². The van der Waals surface area contributed by atoms with E-state index in [1.54, 1.807) is 0 Å². The fourth-order valence-electron chi connectivity index (χ4n) is 7.99. The van der Waals surface area contributed by atoms with Crippen molar-refractivity contribution in [3.63, 3.8) is 0 Å². The smallest absolute Gasteiger partial charge is 0.462 e. The number of carbonyl (C=O) groups is 3. The fourth-order valence-corrected chi connectivity index (χ4v) is 8.77. The Balaban J connectivity index is 4.75. The van der Waals surface area contributed by atoms with E-state index in [9.17, 15) is 28.9 Å². The second kappa shape index (κ2) is 54.4. The van der Waals surface area contributed by atoms with Crippen LogP contribution in [0.2, 0.25) is 0 Å². The van der Waals surface area contributed by atoms with Gasteiger partial charge in [0.15, 0.2) is 6.10 Å². The van der Waals surface area contributed by atoms with Crippen molar-refractivity contribution in [2.75, 3.05) is 26.4 Å². The average molecular weight is 1040 g/mol. The summed E-state index contributed by atoms with van der Waals surface area (Å²) in [6.45, 7) is 4.49. The van der Waals surface area contributed by atoms with Gasteiger partial charge < -0.3 is 24.2 Å². The second-order valence-corrected chi connectivity index (χ2v) is 20.9. The minimum absolute atomic E-state index is 0.157. The maximum atomic E-state index is 12.9. The number of allylic oxidation sites excluding steroid dienone is 10. The third kappa shape index (κ3) is 52.1. The lowest BCUT2D eigenvalue weighted by atomic mass is 10.1. The van der Waals surface area contributed by atoms with Gasteiger partial charge in [0, 0.05) is 19.3 Å². The van der Waals surface area contributed by atoms with Gasteiger partial charge >= 0.3 is 25.7 Å². The molecule has 0 fully saturated rings. The molecule has 11 nitrogen and oxygen atoms in total. The molecule has 0 saturated heterocycles. The summed E-state index contributed by atoms with van der Waals surface area (Å²) < 4.78 is 39.5. The topological polar surface area (TPSA) is 155 Å². The van der Waals surface area contributed by atoms with Gasteiger partial charge in [0.1, 0.15) is 12.7 Å². The Morgan fingerprint density at radius 3 is 1.15 bits per heavy atom. The summed E-state index contributed by atoms with van der Waals surface area (Å²) in [5, 5.41) is 9.79. The summed E-state index contributed by atoms with van der Waals surface area (Å²) in [6.07, 6.45) is 59.0. The molecule has 2 N–H and O–H groups in total. The van der Waals surface area contributed by atoms with Crippen LogP contribution in [0.3, 0.4) is 0 Å². The molecule has 0 aliphatic heterocycles. The summed E-state index contributed by atoms with van der Waals surface area (Å²) in [7, 11) is -4.75. The molecular formula is C60H107O11P. The number of phosphoric ester groups is 1. The Bertz CT molecular complexity index is 1440. The van der Waals surface area contributed by atoms with Crippen LogP contribution in [0, 0.1) is 0 Å². The number of rotatable bonds is 54. The number of aliphatic hydroxyl groups is 1. The van der Waals surface area contributed by atoms with Crippen LogP contribution in [0.4, 0.5) is 0 Å². The quantitative estimate of drug-likeness (QED) is 0.0197. The standard InChI is InChI=1S/C60H107O11P/c1-4-7-10-13-16-19-22-24-26-27-28-29-31-33-36-39-42-45-48-51-60(64)71-57(53-67-58(62)49-46-43-40-37-35-32-30-25-23-20-17-14-11-8-5-2)55-69-72(65,66)68-54-56(52-61)70-59(63)50-47-44-41-38-34-21-18-15-12-9-6-3/h8,11,17,20,24-26,30,35,37,56-57,61H,4-7,9-10,12-16,18-19,21-23,27-29,31-34,36,38-55H2,1-3H3,(H,65,66)/b11-8-,20-17-,26-24-,30-25-,37-35-. The lowest BCUT2D eigenvalue weighted by molar-refractivity contribution is -0.161. The first-order valence-corrected chi connectivity index (χ1v) is 30.7. The van der Waals surface area contributed by atoms with Gasteiger partial charge in [-0.25, -0.2) is 4.57 Å². The van der Waals surface area contributed by atoms with Gasteiger partial charge in [-0.05, 0) is 83.5 Å². The van der Waals surface area contributed by atoms with Crippen molar-refractivity contribution in [1.82, 2.24) is 0 Å². The molecule has 0 bridgehead atoms. The van der Waals surface area contributed by atoms with Gasteiger partial charge in [0.05, 0.1) is 19.8 Å². The van der Waals surface area contributed by atoms with Gasteiger partial charge in [-0.15, -0.1) is 0 Å². The van der Waals surface area contributed by atoms with Crippen molar-refractivity contribution in [2.24, 2.45) is 0 Å². The summed E-state index contributed by atoms with van der Waals surface area (Å²) in [5.74, 6) is -1.51. The van der Waals surface area contributed by atoms with Crippen LogP contribution in [0.5, 0.6) is 0 Å². The zero-order valence-corrected chi connectivity index (χ0v) is 47.0. The third-order valence-corrected chi connectivity index (χ3v) is 13.4. The lowest BCUT2D eigenvalue weighted by Gasteiger charge is -2.21. The van der Waals surface area contributed by atoms with Gasteiger partial charge in [-0.2, -0.15) is 0 Å². The van der Waals surface area contributed by atoms with Gasteiger partial charge in [-0.3, -0.25) is 23.4 Å². The molecule has 3 unspecified atom stereocenters. The number of hydrogen-bond acceptors (Lipinski definition) is 10. The predicted molar refractivity (Wildman–Crippen MR) is 298 cm³/mol. The first-order chi connectivity index (χ1) is 35.2. The number of ether oxygens (including phenoxy) is 3. The van der Waals surface area contributed by atoms with Crippen molar-refractivity contribution in [3.8, 4) is 0 Å². The molecule has 0 amide bonds. The summed E-state index contributed by atoms with van der Waals surface area (Å²) in [5.41, 5.74) is 0. The summed E-state index contributed by atoms with van der Waals surface area (Å²) in [6, 6.07) is 0. The van der Waals surface area contributed by atoms with E-state index in [4.69, 9.17) is 23.3 Å². The molecule has 3 atom stereocenters. The van der Waals surface area contributed by atoms with E-state index < -0.39 is 57.8 Å². The maximum absolute atomic E-state index is 12.9. The second-order valence-electron chi connectivity index (χ2n) is 19.4. The Kier molecular flexibility index (Phi) is 52.3. The molecule has 72 heavy (non-hydrogen) atoms. The van der Waals surface area contributed by atoms with E-state index in [0.29, 0.717) is 19.3 Å². The summed E-state index contributed by atoms with van der Waals surface area (Å²) in [4.78, 5) is 48.5. The van der Waals surface area contributed by atoms with E-state index in [2.05, 4.69) is 81.5 Å². The largest absolute Gasteiger partial charge is 0.472 e. The van der Waals surface area contributed by atoms with Crippen LogP contribution >= 0.6 is 7.82 Å². The highest BCUT2D eigenvalue weighted by Gasteiger charge is 2.28. The fraction of sp³-hybridized carbons (Fsp3) is 0.783. The van der Waals surface area contributed by atoms with Crippen molar-refractivity contribution in [1.29, 1.82) is 0 Å². The zero-order valence-electron chi connectivity index (χ0n) is 46.1. The number of carbonyl (C=O) groups excluding carboxylic acids is 3. The molecule has 0 aromatic carbocycles. The molecule has 0 rings (SSSR count). The minimum atomic E-state index is -4.75. The van der Waals surface area contributed by atoms with Crippen LogP contribution in [-0.2, 0) is 42.2 Å². The molecule has 0 spiro atoms. The molecule has 0 aromatic rings. The predicted octanol–water partition coefficient (Wildman–Crippen LogP) is 17.1. The number of esters is 3. The molecule has 12 heteroatoms. The SMILES string of the molecule is CC/C=C\C/C=C\C/C=C\C/C=C\CCCCC(=O)OCC(COP(=O)(O)OCC(CO)OC(=O)CCCCCCCCCCCCC)OC(=O)CCCCCCCCCCC/C=C\CCCCCCCC. The van der Waals surface area contributed by atoms with Crippen LogP contribution in [0.1, 0.15) is 265 Å². The van der Waals surface area contributed by atoms with Gasteiger partial charge in [0.2, 0.25) is 0 Å². The Labute approximate surface area is 440 Å². The molecule has 0 aliphatic carbocycles. The van der Waals surface area contributed by atoms with E-state index in [-0.39, 0.29) is 25.9 Å². The maximum Gasteiger partial charge on any atom is 0.472 e. The Morgan fingerprint density at radius 2 is 0.722 bits per heavy atom. The highest BCUT2D eigenvalue weighted by molar-refractivity contribution is 7.47. The number of hydrogen-bond donors (Lipinski definition) is 2. The molecule has 0 aromatic heterocycles. The molecule has 418 valence electrons. The molecular weight excluding hydrogens is 928 g/mol. The Morgan fingerprint density at radius 1 is 0.403 bits per heavy atom. The highest BCUT2D eigenvalue weighted by Crippen LogP contribution is 2.43. The van der Waals surface area contributed by atoms with Crippen molar-refractivity contribution < 1.29 is 52.2 Å². The van der Waals surface area contributed by atoms with Crippen molar-refractivity contribution >= 4 is 25.7 Å². The monoisotopic (exact) mass is 1030 g/mol. The molecule has 0 heterocycles. The van der Waals surface area contributed by atoms with Crippen LogP contribution in [0.15, 0.2) is 60.8 Å². The number of phosphoric acid groups is 1. The lowest BCUT2D eigenvalue weighted by Crippen LogP contribution is -2.30. The highest BCUT2D eigenvalue weighted by atomic mass is 31.2. The molecule has 0 radical (unpaired) electrons. The van der Waals surface area contributed by atoms with Crippen LogP contribution in [-0.4, -0.2) is 66.5 Å². The molecule has 0 saturated carbocycles. The number of unbranched alkanes of at least 4 members (excludes halogenated alkanes) is 27. The Hall–Kier alpha value is -2.82. The first-order valence-electron chi connectivity index (χ1n) is 29.2. The van der Waals surface area contributed by atoms with Gasteiger partial charge in [-0.1, -0.05) is 223 Å².